The van der Waals surface area contributed by atoms with Crippen molar-refractivity contribution < 1.29 is 33.6 Å². The van der Waals surface area contributed by atoms with Crippen molar-refractivity contribution in [2.45, 2.75) is 0 Å². The summed E-state index contributed by atoms with van der Waals surface area (Å²) in [7, 11) is 5.73. The van der Waals surface area contributed by atoms with Gasteiger partial charge in [0.15, 0.2) is 17.3 Å². The highest BCUT2D eigenvalue weighted by molar-refractivity contribution is 6.14. The lowest BCUT2D eigenvalue weighted by atomic mass is 9.97. The summed E-state index contributed by atoms with van der Waals surface area (Å²) in [5.41, 5.74) is 0.0860. The summed E-state index contributed by atoms with van der Waals surface area (Å²) in [5, 5.41) is 9.39. The Morgan fingerprint density at radius 3 is 1.84 bits per heavy atom. The largest absolute Gasteiger partial charge is 0.497 e. The summed E-state index contributed by atoms with van der Waals surface area (Å²) in [6.07, 6.45) is 0. The Bertz CT molecular complexity index is 786. The average Bonchev–Trinajstić information content (AvgIpc) is 2.65. The Morgan fingerprint density at radius 2 is 1.40 bits per heavy atom. The molecule has 0 aliphatic rings. The fourth-order valence-corrected chi connectivity index (χ4v) is 2.39. The van der Waals surface area contributed by atoms with Crippen LogP contribution >= 0.6 is 0 Å². The lowest BCUT2D eigenvalue weighted by Crippen LogP contribution is -2.10. The smallest absolute Gasteiger partial charge is 0.336 e. The highest BCUT2D eigenvalue weighted by Crippen LogP contribution is 2.39. The lowest BCUT2D eigenvalue weighted by Gasteiger charge is -2.14. The normalized spacial score (nSPS) is 10.1. The third kappa shape index (κ3) is 3.50. The Labute approximate surface area is 144 Å². The second-order valence-electron chi connectivity index (χ2n) is 4.96. The molecular formula is C18H18O7. The van der Waals surface area contributed by atoms with Gasteiger partial charge in [-0.15, -0.1) is 0 Å². The van der Waals surface area contributed by atoms with Crippen LogP contribution in [0.2, 0.25) is 0 Å². The van der Waals surface area contributed by atoms with Crippen molar-refractivity contribution in [1.82, 2.24) is 0 Å². The van der Waals surface area contributed by atoms with E-state index < -0.39 is 11.8 Å². The van der Waals surface area contributed by atoms with E-state index in [2.05, 4.69) is 0 Å². The van der Waals surface area contributed by atoms with E-state index in [1.165, 1.54) is 58.8 Å². The minimum atomic E-state index is -1.23. The van der Waals surface area contributed by atoms with Crippen LogP contribution in [0, 0.1) is 0 Å². The van der Waals surface area contributed by atoms with Gasteiger partial charge in [-0.2, -0.15) is 0 Å². The van der Waals surface area contributed by atoms with Crippen LogP contribution < -0.4 is 18.9 Å². The van der Waals surface area contributed by atoms with Gasteiger partial charge in [-0.1, -0.05) is 0 Å². The van der Waals surface area contributed by atoms with Gasteiger partial charge in [0.2, 0.25) is 5.75 Å². The van der Waals surface area contributed by atoms with E-state index in [-0.39, 0.29) is 16.7 Å². The van der Waals surface area contributed by atoms with E-state index in [1.807, 2.05) is 0 Å². The van der Waals surface area contributed by atoms with Gasteiger partial charge in [-0.3, -0.25) is 4.79 Å². The molecular weight excluding hydrogens is 328 g/mol. The molecule has 0 atom stereocenters. The number of carbonyl (C=O) groups is 2. The van der Waals surface area contributed by atoms with E-state index in [0.717, 1.165) is 0 Å². The predicted molar refractivity (Wildman–Crippen MR) is 89.5 cm³/mol. The van der Waals surface area contributed by atoms with Gasteiger partial charge in [0, 0.05) is 11.1 Å². The first kappa shape index (κ1) is 18.1. The Kier molecular flexibility index (Phi) is 5.49. The average molecular weight is 346 g/mol. The second-order valence-corrected chi connectivity index (χ2v) is 4.96. The number of methoxy groups -OCH3 is 4. The van der Waals surface area contributed by atoms with Crippen molar-refractivity contribution in [3.63, 3.8) is 0 Å². The van der Waals surface area contributed by atoms with Gasteiger partial charge in [0.05, 0.1) is 34.0 Å². The van der Waals surface area contributed by atoms with Crippen molar-refractivity contribution in [3.05, 3.63) is 47.0 Å². The van der Waals surface area contributed by atoms with Crippen molar-refractivity contribution in [2.75, 3.05) is 28.4 Å². The third-order valence-electron chi connectivity index (χ3n) is 3.63. The molecule has 0 heterocycles. The van der Waals surface area contributed by atoms with Gasteiger partial charge >= 0.3 is 5.97 Å². The molecule has 0 aliphatic heterocycles. The molecule has 1 N–H and O–H groups in total. The summed E-state index contributed by atoms with van der Waals surface area (Å²) >= 11 is 0. The molecule has 0 amide bonds. The zero-order chi connectivity index (χ0) is 18.6. The van der Waals surface area contributed by atoms with E-state index in [0.29, 0.717) is 23.0 Å². The van der Waals surface area contributed by atoms with Crippen molar-refractivity contribution >= 4 is 11.8 Å². The molecule has 0 bridgehead atoms. The molecule has 7 heteroatoms. The highest BCUT2D eigenvalue weighted by Gasteiger charge is 2.22. The zero-order valence-corrected chi connectivity index (χ0v) is 14.3. The molecule has 0 aliphatic carbocycles. The number of aromatic carboxylic acids is 1. The van der Waals surface area contributed by atoms with Crippen LogP contribution in [0.25, 0.3) is 0 Å². The van der Waals surface area contributed by atoms with Gasteiger partial charge in [0.25, 0.3) is 0 Å². The first-order valence-electron chi connectivity index (χ1n) is 7.22. The lowest BCUT2D eigenvalue weighted by molar-refractivity contribution is 0.0692. The highest BCUT2D eigenvalue weighted by atomic mass is 16.5. The van der Waals surface area contributed by atoms with E-state index in [1.54, 1.807) is 0 Å². The van der Waals surface area contributed by atoms with Crippen molar-refractivity contribution in [1.29, 1.82) is 0 Å². The molecule has 2 aromatic carbocycles. The minimum absolute atomic E-state index is 0.0302. The number of ether oxygens (including phenoxy) is 4. The van der Waals surface area contributed by atoms with Crippen LogP contribution in [0.15, 0.2) is 30.3 Å². The van der Waals surface area contributed by atoms with E-state index in [9.17, 15) is 14.7 Å². The first-order chi connectivity index (χ1) is 12.0. The number of hydrogen-bond donors (Lipinski definition) is 1. The molecule has 0 fully saturated rings. The van der Waals surface area contributed by atoms with Crippen LogP contribution in [-0.4, -0.2) is 45.3 Å². The summed E-state index contributed by atoms with van der Waals surface area (Å²) in [6, 6.07) is 7.18. The number of carbonyl (C=O) groups excluding carboxylic acids is 1. The Hall–Kier alpha value is -3.22. The molecule has 0 unspecified atom stereocenters. The Morgan fingerprint density at radius 1 is 0.800 bits per heavy atom. The number of ketones is 1. The fourth-order valence-electron chi connectivity index (χ4n) is 2.39. The maximum Gasteiger partial charge on any atom is 0.336 e. The Balaban J connectivity index is 2.60. The minimum Gasteiger partial charge on any atom is -0.497 e. The maximum absolute atomic E-state index is 12.9. The number of benzene rings is 2. The molecule has 0 radical (unpaired) electrons. The van der Waals surface area contributed by atoms with Gasteiger partial charge in [0.1, 0.15) is 5.75 Å². The van der Waals surface area contributed by atoms with E-state index >= 15 is 0 Å². The second kappa shape index (κ2) is 7.57. The van der Waals surface area contributed by atoms with Crippen LogP contribution in [0.4, 0.5) is 0 Å². The standard InChI is InChI=1S/C18H18O7/c1-22-11-5-6-12(13(9-11)18(20)21)16(19)10-7-14(23-2)17(25-4)15(8-10)24-3/h5-9H,1-4H3,(H,20,21). The molecule has 0 aromatic heterocycles. The topological polar surface area (TPSA) is 91.3 Å². The van der Waals surface area contributed by atoms with Crippen LogP contribution in [0.1, 0.15) is 26.3 Å². The number of carboxylic acid groups (broad SMARTS) is 1. The predicted octanol–water partition coefficient (Wildman–Crippen LogP) is 2.65. The van der Waals surface area contributed by atoms with Crippen LogP contribution in [-0.2, 0) is 0 Å². The first-order valence-corrected chi connectivity index (χ1v) is 7.22. The number of carboxylic acids is 1. The molecule has 2 aromatic rings. The zero-order valence-electron chi connectivity index (χ0n) is 14.3. The third-order valence-corrected chi connectivity index (χ3v) is 3.63. The van der Waals surface area contributed by atoms with Crippen molar-refractivity contribution in [2.24, 2.45) is 0 Å². The number of rotatable bonds is 7. The summed E-state index contributed by atoms with van der Waals surface area (Å²) in [6.45, 7) is 0. The quantitative estimate of drug-likeness (QED) is 0.771. The van der Waals surface area contributed by atoms with E-state index in [4.69, 9.17) is 18.9 Å². The maximum atomic E-state index is 12.9. The molecule has 0 saturated heterocycles. The monoisotopic (exact) mass is 346 g/mol. The number of hydrogen-bond acceptors (Lipinski definition) is 6. The molecule has 0 saturated carbocycles. The SMILES string of the molecule is COc1ccc(C(=O)c2cc(OC)c(OC)c(OC)c2)c(C(=O)O)c1. The summed E-state index contributed by atoms with van der Waals surface area (Å²) in [4.78, 5) is 24.3. The molecule has 7 nitrogen and oxygen atoms in total. The van der Waals surface area contributed by atoms with Gasteiger partial charge in [-0.05, 0) is 30.3 Å². The summed E-state index contributed by atoms with van der Waals surface area (Å²) < 4.78 is 20.7. The summed E-state index contributed by atoms with van der Waals surface area (Å²) in [5.74, 6) is -0.422. The molecule has 132 valence electrons. The van der Waals surface area contributed by atoms with Crippen LogP contribution in [0.5, 0.6) is 23.0 Å². The molecule has 0 spiro atoms. The van der Waals surface area contributed by atoms with Crippen molar-refractivity contribution in [3.8, 4) is 23.0 Å². The van der Waals surface area contributed by atoms with Gasteiger partial charge < -0.3 is 24.1 Å². The molecule has 2 rings (SSSR count). The van der Waals surface area contributed by atoms with Gasteiger partial charge in [-0.25, -0.2) is 4.79 Å². The van der Waals surface area contributed by atoms with Crippen LogP contribution in [0.3, 0.4) is 0 Å². The fraction of sp³-hybridized carbons (Fsp3) is 0.222. The molecule has 25 heavy (non-hydrogen) atoms.